The van der Waals surface area contributed by atoms with Crippen LogP contribution in [-0.2, 0) is 16.0 Å². The van der Waals surface area contributed by atoms with E-state index < -0.39 is 0 Å². The Morgan fingerprint density at radius 2 is 1.96 bits per heavy atom. The van der Waals surface area contributed by atoms with E-state index in [1.54, 1.807) is 6.92 Å². The number of benzene rings is 1. The number of esters is 1. The second-order valence-corrected chi connectivity index (χ2v) is 7.09. The zero-order valence-corrected chi connectivity index (χ0v) is 16.9. The van der Waals surface area contributed by atoms with E-state index in [9.17, 15) is 9.59 Å². The highest BCUT2D eigenvalue weighted by Crippen LogP contribution is 2.33. The first-order chi connectivity index (χ1) is 13.5. The predicted molar refractivity (Wildman–Crippen MR) is 111 cm³/mol. The van der Waals surface area contributed by atoms with Crippen LogP contribution in [0.5, 0.6) is 0 Å². The minimum absolute atomic E-state index is 0.0498. The maximum Gasteiger partial charge on any atom is 0.348 e. The molecule has 28 heavy (non-hydrogen) atoms. The molecule has 0 aliphatic rings. The molecule has 2 heterocycles. The number of anilines is 2. The van der Waals surface area contributed by atoms with Crippen LogP contribution in [-0.4, -0.2) is 35.0 Å². The van der Waals surface area contributed by atoms with Crippen molar-refractivity contribution < 1.29 is 14.3 Å². The van der Waals surface area contributed by atoms with Crippen molar-refractivity contribution in [2.24, 2.45) is 0 Å². The Balaban J connectivity index is 1.77. The largest absolute Gasteiger partial charge is 0.462 e. The standard InChI is InChI=1S/C20H22N4O3S/c1-4-13-8-6-7-9-14(13)24-15(25)10-21-18-16-12(3)17(20(26)27-5-2)28-19(16)23-11-22-18/h6-9,11H,4-5,10H2,1-3H3,(H,24,25)(H,21,22,23). The van der Waals surface area contributed by atoms with Gasteiger partial charge in [0.2, 0.25) is 5.91 Å². The van der Waals surface area contributed by atoms with Crippen LogP contribution in [0.25, 0.3) is 10.2 Å². The van der Waals surface area contributed by atoms with Gasteiger partial charge in [0.25, 0.3) is 0 Å². The first kappa shape index (κ1) is 19.8. The van der Waals surface area contributed by atoms with Gasteiger partial charge >= 0.3 is 5.97 Å². The molecule has 0 aliphatic heterocycles. The summed E-state index contributed by atoms with van der Waals surface area (Å²) in [6.45, 7) is 6.00. The Morgan fingerprint density at radius 3 is 2.71 bits per heavy atom. The van der Waals surface area contributed by atoms with Gasteiger partial charge in [0.05, 0.1) is 18.5 Å². The highest BCUT2D eigenvalue weighted by atomic mass is 32.1. The van der Waals surface area contributed by atoms with Crippen LogP contribution in [0.1, 0.15) is 34.6 Å². The molecule has 3 aromatic rings. The van der Waals surface area contributed by atoms with Crippen molar-refractivity contribution >= 4 is 44.9 Å². The molecule has 0 saturated heterocycles. The summed E-state index contributed by atoms with van der Waals surface area (Å²) in [7, 11) is 0. The molecule has 8 heteroatoms. The first-order valence-corrected chi connectivity index (χ1v) is 9.89. The SMILES string of the molecule is CCOC(=O)c1sc2ncnc(NCC(=O)Nc3ccccc3CC)c2c1C. The number of nitrogens with zero attached hydrogens (tertiary/aromatic N) is 2. The van der Waals surface area contributed by atoms with Crippen LogP contribution in [0, 0.1) is 6.92 Å². The summed E-state index contributed by atoms with van der Waals surface area (Å²) in [5.74, 6) is -0.0257. The second-order valence-electron chi connectivity index (χ2n) is 6.09. The fraction of sp³-hybridized carbons (Fsp3) is 0.300. The molecule has 0 radical (unpaired) electrons. The van der Waals surface area contributed by atoms with Crippen molar-refractivity contribution in [1.82, 2.24) is 9.97 Å². The molecule has 0 fully saturated rings. The summed E-state index contributed by atoms with van der Waals surface area (Å²) in [4.78, 5) is 34.2. The van der Waals surface area contributed by atoms with Gasteiger partial charge in [-0.15, -0.1) is 11.3 Å². The first-order valence-electron chi connectivity index (χ1n) is 9.08. The molecule has 146 valence electrons. The van der Waals surface area contributed by atoms with Gasteiger partial charge in [0.1, 0.15) is 21.9 Å². The molecule has 1 aromatic carbocycles. The Hall–Kier alpha value is -3.00. The van der Waals surface area contributed by atoms with E-state index in [0.717, 1.165) is 28.6 Å². The van der Waals surface area contributed by atoms with Gasteiger partial charge in [-0.2, -0.15) is 0 Å². The third kappa shape index (κ3) is 4.12. The molecule has 0 atom stereocenters. The van der Waals surface area contributed by atoms with Crippen LogP contribution in [0.2, 0.25) is 0 Å². The lowest BCUT2D eigenvalue weighted by molar-refractivity contribution is -0.114. The minimum atomic E-state index is -0.372. The van der Waals surface area contributed by atoms with Gasteiger partial charge in [-0.3, -0.25) is 4.79 Å². The van der Waals surface area contributed by atoms with E-state index in [1.165, 1.54) is 17.7 Å². The zero-order chi connectivity index (χ0) is 20.1. The number of nitrogens with one attached hydrogen (secondary N) is 2. The number of hydrogen-bond donors (Lipinski definition) is 2. The van der Waals surface area contributed by atoms with Crippen LogP contribution in [0.15, 0.2) is 30.6 Å². The molecule has 1 amide bonds. The summed E-state index contributed by atoms with van der Waals surface area (Å²) in [6.07, 6.45) is 2.25. The lowest BCUT2D eigenvalue weighted by atomic mass is 10.1. The lowest BCUT2D eigenvalue weighted by Gasteiger charge is -2.11. The number of carbonyl (C=O) groups is 2. The van der Waals surface area contributed by atoms with Gasteiger partial charge in [-0.05, 0) is 37.5 Å². The van der Waals surface area contributed by atoms with Crippen molar-refractivity contribution in [2.75, 3.05) is 23.8 Å². The summed E-state index contributed by atoms with van der Waals surface area (Å²) < 4.78 is 5.10. The van der Waals surface area contributed by atoms with E-state index >= 15 is 0 Å². The number of rotatable bonds is 7. The smallest absolute Gasteiger partial charge is 0.348 e. The second kappa shape index (κ2) is 8.79. The highest BCUT2D eigenvalue weighted by Gasteiger charge is 2.20. The van der Waals surface area contributed by atoms with E-state index in [1.807, 2.05) is 38.1 Å². The number of ether oxygens (including phenoxy) is 1. The number of aromatic nitrogens is 2. The molecular formula is C20H22N4O3S. The molecule has 0 saturated carbocycles. The van der Waals surface area contributed by atoms with Crippen molar-refractivity contribution in [3.05, 3.63) is 46.6 Å². The van der Waals surface area contributed by atoms with E-state index in [0.29, 0.717) is 22.1 Å². The lowest BCUT2D eigenvalue weighted by Crippen LogP contribution is -2.22. The molecule has 0 bridgehead atoms. The van der Waals surface area contributed by atoms with Crippen LogP contribution in [0.4, 0.5) is 11.5 Å². The molecule has 2 aromatic heterocycles. The van der Waals surface area contributed by atoms with Crippen molar-refractivity contribution in [1.29, 1.82) is 0 Å². The van der Waals surface area contributed by atoms with Gasteiger partial charge in [-0.1, -0.05) is 25.1 Å². The van der Waals surface area contributed by atoms with Crippen molar-refractivity contribution in [3.8, 4) is 0 Å². The van der Waals surface area contributed by atoms with Gasteiger partial charge < -0.3 is 15.4 Å². The van der Waals surface area contributed by atoms with Gasteiger partial charge in [0.15, 0.2) is 0 Å². The number of hydrogen-bond acceptors (Lipinski definition) is 7. The Labute approximate surface area is 167 Å². The Kier molecular flexibility index (Phi) is 6.20. The maximum atomic E-state index is 12.4. The molecule has 7 nitrogen and oxygen atoms in total. The topological polar surface area (TPSA) is 93.2 Å². The number of aryl methyl sites for hydroxylation is 2. The quantitative estimate of drug-likeness (QED) is 0.588. The summed E-state index contributed by atoms with van der Waals surface area (Å²) in [6, 6.07) is 7.71. The molecule has 2 N–H and O–H groups in total. The number of thiophene rings is 1. The van der Waals surface area contributed by atoms with E-state index in [4.69, 9.17) is 4.74 Å². The summed E-state index contributed by atoms with van der Waals surface area (Å²) >= 11 is 1.26. The van der Waals surface area contributed by atoms with Crippen LogP contribution in [0.3, 0.4) is 0 Å². The van der Waals surface area contributed by atoms with Crippen molar-refractivity contribution in [3.63, 3.8) is 0 Å². The minimum Gasteiger partial charge on any atom is -0.462 e. The normalized spacial score (nSPS) is 10.7. The number of amides is 1. The number of fused-ring (bicyclic) bond motifs is 1. The van der Waals surface area contributed by atoms with Crippen molar-refractivity contribution in [2.45, 2.75) is 27.2 Å². The summed E-state index contributed by atoms with van der Waals surface area (Å²) in [5.41, 5.74) is 2.63. The fourth-order valence-electron chi connectivity index (χ4n) is 2.91. The fourth-order valence-corrected chi connectivity index (χ4v) is 3.95. The van der Waals surface area contributed by atoms with E-state index in [2.05, 4.69) is 20.6 Å². The average molecular weight is 398 g/mol. The van der Waals surface area contributed by atoms with Crippen LogP contribution >= 0.6 is 11.3 Å². The Bertz CT molecular complexity index is 1020. The van der Waals surface area contributed by atoms with Gasteiger partial charge in [0, 0.05) is 5.69 Å². The van der Waals surface area contributed by atoms with E-state index in [-0.39, 0.29) is 18.4 Å². The maximum absolute atomic E-state index is 12.4. The molecule has 0 unspecified atom stereocenters. The molecule has 0 aliphatic carbocycles. The molecule has 3 rings (SSSR count). The summed E-state index contributed by atoms with van der Waals surface area (Å²) in [5, 5.41) is 6.71. The third-order valence-electron chi connectivity index (χ3n) is 4.28. The third-order valence-corrected chi connectivity index (χ3v) is 5.46. The monoisotopic (exact) mass is 398 g/mol. The molecule has 0 spiro atoms. The van der Waals surface area contributed by atoms with Crippen LogP contribution < -0.4 is 10.6 Å². The predicted octanol–water partition coefficient (Wildman–Crippen LogP) is 3.79. The molecular weight excluding hydrogens is 376 g/mol. The highest BCUT2D eigenvalue weighted by molar-refractivity contribution is 7.20. The van der Waals surface area contributed by atoms with Gasteiger partial charge in [-0.25, -0.2) is 14.8 Å². The zero-order valence-electron chi connectivity index (χ0n) is 16.0. The number of para-hydroxylation sites is 1. The number of carbonyl (C=O) groups excluding carboxylic acids is 2. The Morgan fingerprint density at radius 1 is 1.18 bits per heavy atom. The average Bonchev–Trinajstić information content (AvgIpc) is 3.04.